The van der Waals surface area contributed by atoms with Gasteiger partial charge >= 0.3 is 0 Å². The van der Waals surface area contributed by atoms with E-state index in [4.69, 9.17) is 21.1 Å². The third kappa shape index (κ3) is 3.51. The number of halogens is 2. The first-order chi connectivity index (χ1) is 12.1. The summed E-state index contributed by atoms with van der Waals surface area (Å²) in [5.74, 6) is -0.855. The lowest BCUT2D eigenvalue weighted by molar-refractivity contribution is -0.187. The molecule has 0 amide bonds. The Morgan fingerprint density at radius 2 is 1.92 bits per heavy atom. The number of rotatable bonds is 4. The molecule has 2 atom stereocenters. The lowest BCUT2D eigenvalue weighted by Crippen LogP contribution is -2.32. The Kier molecular flexibility index (Phi) is 4.65. The molecular formula is C19H16BrClN2O2. The zero-order chi connectivity index (χ0) is 17.3. The molecule has 25 heavy (non-hydrogen) atoms. The van der Waals surface area contributed by atoms with Crippen molar-refractivity contribution in [3.05, 3.63) is 87.9 Å². The third-order valence-corrected chi connectivity index (χ3v) is 5.06. The van der Waals surface area contributed by atoms with Gasteiger partial charge in [0.15, 0.2) is 0 Å². The molecule has 6 heteroatoms. The summed E-state index contributed by atoms with van der Waals surface area (Å²) in [5.41, 5.74) is 2.02. The maximum atomic E-state index is 6.45. The molecule has 1 aromatic heterocycles. The van der Waals surface area contributed by atoms with Crippen LogP contribution in [0.1, 0.15) is 17.2 Å². The first-order valence-corrected chi connectivity index (χ1v) is 9.11. The van der Waals surface area contributed by atoms with Crippen molar-refractivity contribution in [2.24, 2.45) is 0 Å². The molecular weight excluding hydrogens is 404 g/mol. The van der Waals surface area contributed by atoms with Crippen molar-refractivity contribution in [2.75, 3.05) is 6.61 Å². The van der Waals surface area contributed by atoms with Crippen molar-refractivity contribution in [1.29, 1.82) is 0 Å². The van der Waals surface area contributed by atoms with E-state index in [2.05, 4.69) is 20.9 Å². The van der Waals surface area contributed by atoms with Crippen molar-refractivity contribution < 1.29 is 9.47 Å². The second-order valence-electron chi connectivity index (χ2n) is 5.96. The summed E-state index contributed by atoms with van der Waals surface area (Å²) in [6, 6.07) is 15.7. The van der Waals surface area contributed by atoms with Gasteiger partial charge in [-0.05, 0) is 29.8 Å². The van der Waals surface area contributed by atoms with Crippen LogP contribution in [0.3, 0.4) is 0 Å². The van der Waals surface area contributed by atoms with E-state index < -0.39 is 5.79 Å². The van der Waals surface area contributed by atoms with Gasteiger partial charge in [-0.15, -0.1) is 0 Å². The first-order valence-electron chi connectivity index (χ1n) is 7.94. The Balaban J connectivity index is 1.67. The monoisotopic (exact) mass is 418 g/mol. The van der Waals surface area contributed by atoms with Crippen molar-refractivity contribution in [1.82, 2.24) is 9.55 Å². The summed E-state index contributed by atoms with van der Waals surface area (Å²) in [4.78, 5) is 4.12. The molecule has 2 aromatic carbocycles. The van der Waals surface area contributed by atoms with Gasteiger partial charge in [-0.1, -0.05) is 51.8 Å². The predicted molar refractivity (Wildman–Crippen MR) is 99.3 cm³/mol. The molecule has 4 nitrogen and oxygen atoms in total. The highest BCUT2D eigenvalue weighted by atomic mass is 79.9. The standard InChI is InChI=1S/C19H16BrClN2O2/c20-16-5-3-15(4-6-16)19(12-23-10-9-22-13-23)24-11-18(25-19)14-1-7-17(21)8-2-14/h1-10,13,18H,11-12H2. The van der Waals surface area contributed by atoms with Gasteiger partial charge in [0.2, 0.25) is 5.79 Å². The largest absolute Gasteiger partial charge is 0.341 e. The highest BCUT2D eigenvalue weighted by molar-refractivity contribution is 9.10. The second-order valence-corrected chi connectivity index (χ2v) is 7.32. The number of hydrogen-bond acceptors (Lipinski definition) is 3. The molecule has 1 aliphatic heterocycles. The van der Waals surface area contributed by atoms with E-state index in [0.29, 0.717) is 18.2 Å². The lowest BCUT2D eigenvalue weighted by Gasteiger charge is -2.29. The molecule has 1 fully saturated rings. The third-order valence-electron chi connectivity index (χ3n) is 4.28. The topological polar surface area (TPSA) is 36.3 Å². The molecule has 2 heterocycles. The number of imidazole rings is 1. The summed E-state index contributed by atoms with van der Waals surface area (Å²) < 4.78 is 15.6. The van der Waals surface area contributed by atoms with Crippen LogP contribution in [0, 0.1) is 0 Å². The zero-order valence-electron chi connectivity index (χ0n) is 13.3. The van der Waals surface area contributed by atoms with Crippen LogP contribution >= 0.6 is 27.5 Å². The zero-order valence-corrected chi connectivity index (χ0v) is 15.7. The fourth-order valence-electron chi connectivity index (χ4n) is 3.00. The van der Waals surface area contributed by atoms with Crippen LogP contribution in [0.25, 0.3) is 0 Å². The van der Waals surface area contributed by atoms with E-state index in [-0.39, 0.29) is 6.10 Å². The van der Waals surface area contributed by atoms with Crippen LogP contribution in [0.2, 0.25) is 5.02 Å². The van der Waals surface area contributed by atoms with Crippen molar-refractivity contribution in [3.63, 3.8) is 0 Å². The fourth-order valence-corrected chi connectivity index (χ4v) is 3.39. The Hall–Kier alpha value is -1.66. The van der Waals surface area contributed by atoms with Crippen LogP contribution in [0.15, 0.2) is 71.7 Å². The van der Waals surface area contributed by atoms with E-state index in [0.717, 1.165) is 15.6 Å². The Labute approximate surface area is 159 Å². The van der Waals surface area contributed by atoms with Crippen molar-refractivity contribution in [3.8, 4) is 0 Å². The Bertz CT molecular complexity index is 837. The van der Waals surface area contributed by atoms with Gasteiger partial charge in [-0.3, -0.25) is 0 Å². The smallest absolute Gasteiger partial charge is 0.214 e. The fraction of sp³-hybridized carbons (Fsp3) is 0.211. The van der Waals surface area contributed by atoms with E-state index >= 15 is 0 Å². The molecule has 0 bridgehead atoms. The van der Waals surface area contributed by atoms with E-state index in [1.807, 2.05) is 59.3 Å². The quantitative estimate of drug-likeness (QED) is 0.601. The van der Waals surface area contributed by atoms with E-state index in [9.17, 15) is 0 Å². The molecule has 1 saturated heterocycles. The molecule has 128 valence electrons. The average molecular weight is 420 g/mol. The average Bonchev–Trinajstić information content (AvgIpc) is 3.27. The van der Waals surface area contributed by atoms with Gasteiger partial charge in [0.05, 0.1) is 19.5 Å². The number of hydrogen-bond donors (Lipinski definition) is 0. The molecule has 0 N–H and O–H groups in total. The normalized spacial score (nSPS) is 23.0. The highest BCUT2D eigenvalue weighted by Crippen LogP contribution is 2.42. The van der Waals surface area contributed by atoms with Crippen molar-refractivity contribution in [2.45, 2.75) is 18.4 Å². The van der Waals surface area contributed by atoms with Gasteiger partial charge in [0, 0.05) is 27.5 Å². The Morgan fingerprint density at radius 1 is 1.16 bits per heavy atom. The van der Waals surface area contributed by atoms with E-state index in [1.165, 1.54) is 0 Å². The number of benzene rings is 2. The first kappa shape index (κ1) is 16.8. The molecule has 0 saturated carbocycles. The summed E-state index contributed by atoms with van der Waals surface area (Å²) in [6.07, 6.45) is 5.27. The van der Waals surface area contributed by atoms with Crippen molar-refractivity contribution >= 4 is 27.5 Å². The van der Waals surface area contributed by atoms with Gasteiger partial charge in [0.25, 0.3) is 0 Å². The van der Waals surface area contributed by atoms with Gasteiger partial charge in [0.1, 0.15) is 6.10 Å². The highest BCUT2D eigenvalue weighted by Gasteiger charge is 2.44. The molecule has 0 aliphatic carbocycles. The summed E-state index contributed by atoms with van der Waals surface area (Å²) in [7, 11) is 0. The maximum Gasteiger partial charge on any atom is 0.214 e. The van der Waals surface area contributed by atoms with Crippen LogP contribution in [-0.4, -0.2) is 16.2 Å². The van der Waals surface area contributed by atoms with Gasteiger partial charge < -0.3 is 14.0 Å². The maximum absolute atomic E-state index is 6.45. The molecule has 0 spiro atoms. The number of nitrogens with zero attached hydrogens (tertiary/aromatic N) is 2. The molecule has 2 unspecified atom stereocenters. The minimum absolute atomic E-state index is 0.149. The van der Waals surface area contributed by atoms with Crippen LogP contribution < -0.4 is 0 Å². The predicted octanol–water partition coefficient (Wildman–Crippen LogP) is 4.94. The summed E-state index contributed by atoms with van der Waals surface area (Å²) >= 11 is 9.47. The molecule has 4 rings (SSSR count). The minimum atomic E-state index is -0.855. The van der Waals surface area contributed by atoms with Crippen LogP contribution in [0.4, 0.5) is 0 Å². The molecule has 3 aromatic rings. The van der Waals surface area contributed by atoms with E-state index in [1.54, 1.807) is 12.5 Å². The number of aromatic nitrogens is 2. The second kappa shape index (κ2) is 6.92. The number of ether oxygens (including phenoxy) is 2. The summed E-state index contributed by atoms with van der Waals surface area (Å²) in [6.45, 7) is 1.01. The minimum Gasteiger partial charge on any atom is -0.341 e. The summed E-state index contributed by atoms with van der Waals surface area (Å²) in [5, 5.41) is 0.709. The van der Waals surface area contributed by atoms with Crippen LogP contribution in [-0.2, 0) is 21.8 Å². The SMILES string of the molecule is Clc1ccc(C2COC(Cn3ccnc3)(c3ccc(Br)cc3)O2)cc1. The lowest BCUT2D eigenvalue weighted by atomic mass is 10.1. The van der Waals surface area contributed by atoms with Gasteiger partial charge in [-0.2, -0.15) is 0 Å². The van der Waals surface area contributed by atoms with Gasteiger partial charge in [-0.25, -0.2) is 4.98 Å². The molecule has 1 aliphatic rings. The molecule has 0 radical (unpaired) electrons. The Morgan fingerprint density at radius 3 is 2.60 bits per heavy atom. The van der Waals surface area contributed by atoms with Crippen LogP contribution in [0.5, 0.6) is 0 Å².